The summed E-state index contributed by atoms with van der Waals surface area (Å²) in [6, 6.07) is 0. The molecule has 0 bridgehead atoms. The molecule has 0 unspecified atom stereocenters. The minimum atomic E-state index is -3.00. The van der Waals surface area contributed by atoms with Crippen molar-refractivity contribution in [1.29, 1.82) is 0 Å². The molecule has 0 spiro atoms. The lowest BCUT2D eigenvalue weighted by atomic mass is 10.1. The van der Waals surface area contributed by atoms with Crippen molar-refractivity contribution in [2.45, 2.75) is 37.2 Å². The Bertz CT molecular complexity index is 295. The summed E-state index contributed by atoms with van der Waals surface area (Å²) in [6.07, 6.45) is 3.35. The van der Waals surface area contributed by atoms with Crippen LogP contribution < -0.4 is 5.32 Å². The molecule has 0 aromatic carbocycles. The normalized spacial score (nSPS) is 14.3. The Kier molecular flexibility index (Phi) is 5.15. The second-order valence-corrected chi connectivity index (χ2v) is 9.26. The zero-order chi connectivity index (χ0) is 12.3. The molecule has 0 aliphatic rings. The van der Waals surface area contributed by atoms with Crippen LogP contribution in [0, 0.1) is 0 Å². The van der Waals surface area contributed by atoms with Gasteiger partial charge in [0.1, 0.15) is 0 Å². The molecule has 0 heterocycles. The van der Waals surface area contributed by atoms with Gasteiger partial charge in [-0.1, -0.05) is 0 Å². The van der Waals surface area contributed by atoms with Crippen molar-refractivity contribution in [3.8, 4) is 0 Å². The van der Waals surface area contributed by atoms with Crippen LogP contribution in [0.5, 0.6) is 0 Å². The average Bonchev–Trinajstić information content (AvgIpc) is 2.01. The molecule has 0 aromatic heterocycles. The number of rotatable bonds is 6. The predicted molar refractivity (Wildman–Crippen MR) is 69.4 cm³/mol. The standard InChI is InChI=1S/C10H23NO2S2/c1-9(2,14-5)7-11-8-10(3,4)15(6,12)13/h11H,7-8H2,1-6H3. The quantitative estimate of drug-likeness (QED) is 0.780. The molecule has 0 atom stereocenters. The zero-order valence-corrected chi connectivity index (χ0v) is 12.2. The molecule has 0 radical (unpaired) electrons. The van der Waals surface area contributed by atoms with Gasteiger partial charge >= 0.3 is 0 Å². The summed E-state index contributed by atoms with van der Waals surface area (Å²) in [4.78, 5) is 0. The summed E-state index contributed by atoms with van der Waals surface area (Å²) in [5.41, 5.74) is 0. The van der Waals surface area contributed by atoms with Crippen LogP contribution in [0.15, 0.2) is 0 Å². The van der Waals surface area contributed by atoms with E-state index in [2.05, 4.69) is 25.4 Å². The fraction of sp³-hybridized carbons (Fsp3) is 1.00. The van der Waals surface area contributed by atoms with Gasteiger partial charge in [-0.2, -0.15) is 11.8 Å². The van der Waals surface area contributed by atoms with Gasteiger partial charge < -0.3 is 5.32 Å². The van der Waals surface area contributed by atoms with E-state index < -0.39 is 14.6 Å². The van der Waals surface area contributed by atoms with Gasteiger partial charge in [-0.3, -0.25) is 0 Å². The van der Waals surface area contributed by atoms with Gasteiger partial charge in [-0.05, 0) is 34.0 Å². The molecule has 15 heavy (non-hydrogen) atoms. The second kappa shape index (κ2) is 5.06. The number of hydrogen-bond acceptors (Lipinski definition) is 4. The Balaban J connectivity index is 4.19. The van der Waals surface area contributed by atoms with E-state index in [0.29, 0.717) is 6.54 Å². The van der Waals surface area contributed by atoms with E-state index in [1.165, 1.54) is 6.26 Å². The maximum atomic E-state index is 11.4. The van der Waals surface area contributed by atoms with Crippen LogP contribution in [0.25, 0.3) is 0 Å². The van der Waals surface area contributed by atoms with Crippen molar-refractivity contribution in [2.24, 2.45) is 0 Å². The van der Waals surface area contributed by atoms with Crippen molar-refractivity contribution in [1.82, 2.24) is 5.32 Å². The first-order valence-corrected chi connectivity index (χ1v) is 8.09. The highest BCUT2D eigenvalue weighted by Crippen LogP contribution is 2.20. The summed E-state index contributed by atoms with van der Waals surface area (Å²) in [7, 11) is -3.00. The number of sulfone groups is 1. The Morgan fingerprint density at radius 2 is 1.60 bits per heavy atom. The molecule has 0 fully saturated rings. The predicted octanol–water partition coefficient (Wildman–Crippen LogP) is 1.54. The first-order valence-electron chi connectivity index (χ1n) is 4.97. The topological polar surface area (TPSA) is 46.2 Å². The van der Waals surface area contributed by atoms with E-state index in [1.54, 1.807) is 25.6 Å². The lowest BCUT2D eigenvalue weighted by Gasteiger charge is -2.27. The number of hydrogen-bond donors (Lipinski definition) is 1. The highest BCUT2D eigenvalue weighted by Gasteiger charge is 2.30. The van der Waals surface area contributed by atoms with Crippen LogP contribution in [0.1, 0.15) is 27.7 Å². The lowest BCUT2D eigenvalue weighted by molar-refractivity contribution is 0.504. The van der Waals surface area contributed by atoms with Crippen molar-refractivity contribution in [2.75, 3.05) is 25.6 Å². The van der Waals surface area contributed by atoms with Crippen molar-refractivity contribution >= 4 is 21.6 Å². The minimum Gasteiger partial charge on any atom is -0.314 e. The Labute approximate surface area is 98.3 Å². The molecule has 0 aliphatic heterocycles. The minimum absolute atomic E-state index is 0.146. The largest absolute Gasteiger partial charge is 0.314 e. The van der Waals surface area contributed by atoms with Gasteiger partial charge in [0.25, 0.3) is 0 Å². The van der Waals surface area contributed by atoms with Crippen LogP contribution in [-0.2, 0) is 9.84 Å². The van der Waals surface area contributed by atoms with E-state index in [1.807, 2.05) is 0 Å². The summed E-state index contributed by atoms with van der Waals surface area (Å²) in [5, 5.41) is 3.22. The van der Waals surface area contributed by atoms with Crippen LogP contribution in [-0.4, -0.2) is 43.5 Å². The van der Waals surface area contributed by atoms with E-state index in [9.17, 15) is 8.42 Å². The maximum absolute atomic E-state index is 11.4. The van der Waals surface area contributed by atoms with Gasteiger partial charge in [-0.15, -0.1) is 0 Å². The smallest absolute Gasteiger partial charge is 0.153 e. The van der Waals surface area contributed by atoms with Crippen molar-refractivity contribution < 1.29 is 8.42 Å². The highest BCUT2D eigenvalue weighted by atomic mass is 32.2. The summed E-state index contributed by atoms with van der Waals surface area (Å²) >= 11 is 1.77. The van der Waals surface area contributed by atoms with Gasteiger partial charge in [0.15, 0.2) is 9.84 Å². The third kappa shape index (κ3) is 5.22. The molecule has 3 nitrogen and oxygen atoms in total. The highest BCUT2D eigenvalue weighted by molar-refractivity contribution is 7.99. The maximum Gasteiger partial charge on any atom is 0.153 e. The van der Waals surface area contributed by atoms with Gasteiger partial charge in [0.05, 0.1) is 4.75 Å². The molecule has 0 saturated heterocycles. The van der Waals surface area contributed by atoms with Crippen LogP contribution in [0.3, 0.4) is 0 Å². The van der Waals surface area contributed by atoms with Crippen LogP contribution in [0.4, 0.5) is 0 Å². The first-order chi connectivity index (χ1) is 6.52. The summed E-state index contributed by atoms with van der Waals surface area (Å²) < 4.78 is 22.3. The molecule has 0 rings (SSSR count). The average molecular weight is 253 g/mol. The van der Waals surface area contributed by atoms with E-state index in [-0.39, 0.29) is 4.75 Å². The molecule has 92 valence electrons. The Morgan fingerprint density at radius 3 is 1.93 bits per heavy atom. The van der Waals surface area contributed by atoms with Crippen molar-refractivity contribution in [3.05, 3.63) is 0 Å². The van der Waals surface area contributed by atoms with Gasteiger partial charge in [-0.25, -0.2) is 8.42 Å². The monoisotopic (exact) mass is 253 g/mol. The van der Waals surface area contributed by atoms with E-state index in [4.69, 9.17) is 0 Å². The summed E-state index contributed by atoms with van der Waals surface area (Å²) in [6.45, 7) is 9.09. The third-order valence-corrected chi connectivity index (χ3v) is 6.06. The third-order valence-electron chi connectivity index (χ3n) is 2.66. The molecule has 5 heteroatoms. The molecule has 0 amide bonds. The Hall–Kier alpha value is 0.260. The SMILES string of the molecule is CSC(C)(C)CNCC(C)(C)S(C)(=O)=O. The van der Waals surface area contributed by atoms with Crippen LogP contribution >= 0.6 is 11.8 Å². The lowest BCUT2D eigenvalue weighted by Crippen LogP contribution is -2.45. The molecule has 0 saturated carbocycles. The molecular weight excluding hydrogens is 230 g/mol. The molecular formula is C10H23NO2S2. The van der Waals surface area contributed by atoms with E-state index in [0.717, 1.165) is 6.54 Å². The fourth-order valence-corrected chi connectivity index (χ4v) is 1.48. The number of thioether (sulfide) groups is 1. The number of nitrogens with one attached hydrogen (secondary N) is 1. The second-order valence-electron chi connectivity index (χ2n) is 5.10. The van der Waals surface area contributed by atoms with E-state index >= 15 is 0 Å². The molecule has 0 aromatic rings. The first kappa shape index (κ1) is 15.3. The molecule has 0 aliphatic carbocycles. The Morgan fingerprint density at radius 1 is 1.13 bits per heavy atom. The summed E-state index contributed by atoms with van der Waals surface area (Å²) in [5.74, 6) is 0. The van der Waals surface area contributed by atoms with Gasteiger partial charge in [0, 0.05) is 24.1 Å². The fourth-order valence-electron chi connectivity index (χ4n) is 0.868. The molecule has 1 N–H and O–H groups in total. The van der Waals surface area contributed by atoms with Gasteiger partial charge in [0.2, 0.25) is 0 Å². The van der Waals surface area contributed by atoms with Crippen molar-refractivity contribution in [3.63, 3.8) is 0 Å². The van der Waals surface area contributed by atoms with Crippen LogP contribution in [0.2, 0.25) is 0 Å². The zero-order valence-electron chi connectivity index (χ0n) is 10.5.